The van der Waals surface area contributed by atoms with Gasteiger partial charge in [0.05, 0.1) is 15.9 Å². The van der Waals surface area contributed by atoms with Gasteiger partial charge in [0.1, 0.15) is 5.82 Å². The Balaban J connectivity index is 2.30. The van der Waals surface area contributed by atoms with E-state index in [2.05, 4.69) is 11.6 Å². The van der Waals surface area contributed by atoms with E-state index in [1.807, 2.05) is 25.3 Å². The fourth-order valence-corrected chi connectivity index (χ4v) is 4.08. The van der Waals surface area contributed by atoms with Crippen molar-refractivity contribution >= 4 is 27.0 Å². The van der Waals surface area contributed by atoms with Crippen LogP contribution in [0, 0.1) is 0 Å². The van der Waals surface area contributed by atoms with E-state index in [0.717, 1.165) is 16.9 Å². The molecule has 0 aliphatic rings. The van der Waals surface area contributed by atoms with Gasteiger partial charge in [0.15, 0.2) is 0 Å². The van der Waals surface area contributed by atoms with Crippen LogP contribution in [0.1, 0.15) is 33.0 Å². The van der Waals surface area contributed by atoms with Crippen molar-refractivity contribution in [1.29, 1.82) is 0 Å². The van der Waals surface area contributed by atoms with Gasteiger partial charge in [-0.1, -0.05) is 12.2 Å². The lowest BCUT2D eigenvalue weighted by Crippen LogP contribution is -2.32. The average molecular weight is 407 g/mol. The molecule has 0 atom stereocenters. The van der Waals surface area contributed by atoms with E-state index in [1.165, 1.54) is 18.4 Å². The van der Waals surface area contributed by atoms with Gasteiger partial charge in [-0.15, -0.1) is 0 Å². The highest BCUT2D eigenvalue weighted by Crippen LogP contribution is 2.23. The normalized spacial score (nSPS) is 11.9. The number of carbonyl (C=O) groups excluding carboxylic acids is 1. The van der Waals surface area contributed by atoms with E-state index in [-0.39, 0.29) is 10.8 Å². The summed E-state index contributed by atoms with van der Waals surface area (Å²) in [6.45, 7) is 11.6. The van der Waals surface area contributed by atoms with Crippen LogP contribution in [0.3, 0.4) is 0 Å². The molecule has 154 valence electrons. The fraction of sp³-hybridized carbons (Fsp3) is 0.500. The molecule has 0 aliphatic carbocycles. The molecule has 2 rings (SSSR count). The first-order valence-corrected chi connectivity index (χ1v) is 10.9. The Bertz CT molecular complexity index is 977. The predicted molar refractivity (Wildman–Crippen MR) is 112 cm³/mol. The number of aromatic nitrogens is 2. The third-order valence-corrected chi connectivity index (χ3v) is 6.46. The van der Waals surface area contributed by atoms with Gasteiger partial charge in [-0.05, 0) is 39.0 Å². The maximum Gasteiger partial charge on any atom is 0.242 e. The number of hydrogen-bond donors (Lipinski definition) is 0. The number of hydrogen-bond acceptors (Lipinski definition) is 4. The Kier molecular flexibility index (Phi) is 7.01. The number of amides is 1. The van der Waals surface area contributed by atoms with E-state index < -0.39 is 10.0 Å². The SMILES string of the molecule is C=C(C)CN(CC)C(=O)CCc1nc2cc(S(=O)(=O)N(C)C)ccc2n1CC. The van der Waals surface area contributed by atoms with Gasteiger partial charge in [-0.3, -0.25) is 4.79 Å². The van der Waals surface area contributed by atoms with Crippen LogP contribution in [0.15, 0.2) is 35.2 Å². The van der Waals surface area contributed by atoms with Crippen molar-refractivity contribution in [3.63, 3.8) is 0 Å². The molecule has 2 aromatic rings. The summed E-state index contributed by atoms with van der Waals surface area (Å²) in [5, 5.41) is 0. The van der Waals surface area contributed by atoms with Crippen LogP contribution in [0.5, 0.6) is 0 Å². The Morgan fingerprint density at radius 2 is 1.93 bits per heavy atom. The Labute approximate surface area is 167 Å². The summed E-state index contributed by atoms with van der Waals surface area (Å²) in [5.41, 5.74) is 2.45. The van der Waals surface area contributed by atoms with E-state index in [4.69, 9.17) is 0 Å². The molecule has 1 heterocycles. The molecule has 0 spiro atoms. The third-order valence-electron chi connectivity index (χ3n) is 4.65. The zero-order valence-electron chi connectivity index (χ0n) is 17.4. The summed E-state index contributed by atoms with van der Waals surface area (Å²) < 4.78 is 28.0. The molecule has 0 saturated carbocycles. The second-order valence-electron chi connectivity index (χ2n) is 7.08. The van der Waals surface area contributed by atoms with E-state index >= 15 is 0 Å². The number of sulfonamides is 1. The number of fused-ring (bicyclic) bond motifs is 1. The lowest BCUT2D eigenvalue weighted by atomic mass is 10.2. The molecule has 0 aliphatic heterocycles. The minimum atomic E-state index is -3.52. The summed E-state index contributed by atoms with van der Waals surface area (Å²) in [5.74, 6) is 0.854. The first kappa shape index (κ1) is 22.1. The van der Waals surface area contributed by atoms with Crippen LogP contribution >= 0.6 is 0 Å². The zero-order chi connectivity index (χ0) is 21.1. The van der Waals surface area contributed by atoms with Crippen LogP contribution in [-0.2, 0) is 27.8 Å². The molecule has 1 aromatic carbocycles. The van der Waals surface area contributed by atoms with Crippen molar-refractivity contribution in [3.05, 3.63) is 36.2 Å². The average Bonchev–Trinajstić information content (AvgIpc) is 3.00. The summed E-state index contributed by atoms with van der Waals surface area (Å²) in [6.07, 6.45) is 0.858. The van der Waals surface area contributed by atoms with Crippen molar-refractivity contribution in [3.8, 4) is 0 Å². The minimum absolute atomic E-state index is 0.0658. The van der Waals surface area contributed by atoms with Crippen molar-refractivity contribution in [2.24, 2.45) is 0 Å². The zero-order valence-corrected chi connectivity index (χ0v) is 18.2. The highest BCUT2D eigenvalue weighted by Gasteiger charge is 2.20. The number of likely N-dealkylation sites (N-methyl/N-ethyl adjacent to an activating group) is 1. The lowest BCUT2D eigenvalue weighted by Gasteiger charge is -2.21. The molecular weight excluding hydrogens is 376 g/mol. The second-order valence-corrected chi connectivity index (χ2v) is 9.23. The third kappa shape index (κ3) is 4.62. The van der Waals surface area contributed by atoms with Gasteiger partial charge < -0.3 is 9.47 Å². The summed E-state index contributed by atoms with van der Waals surface area (Å²) >= 11 is 0. The number of aryl methyl sites for hydroxylation is 2. The Morgan fingerprint density at radius 3 is 2.46 bits per heavy atom. The molecule has 0 bridgehead atoms. The summed E-state index contributed by atoms with van der Waals surface area (Å²) in [4.78, 5) is 19.1. The quantitative estimate of drug-likeness (QED) is 0.600. The Hall–Kier alpha value is -2.19. The van der Waals surface area contributed by atoms with Crippen LogP contribution in [0.25, 0.3) is 11.0 Å². The van der Waals surface area contributed by atoms with Gasteiger partial charge in [0.2, 0.25) is 15.9 Å². The smallest absolute Gasteiger partial charge is 0.242 e. The van der Waals surface area contributed by atoms with Crippen LogP contribution in [0.4, 0.5) is 0 Å². The van der Waals surface area contributed by atoms with Crippen molar-refractivity contribution < 1.29 is 13.2 Å². The van der Waals surface area contributed by atoms with Gasteiger partial charge >= 0.3 is 0 Å². The standard InChI is InChI=1S/C20H30N4O3S/c1-7-23(14-15(3)4)20(25)12-11-19-21-17-13-16(28(26,27)22(5)6)9-10-18(17)24(19)8-2/h9-10,13H,3,7-8,11-12,14H2,1-2,4-6H3. The van der Waals surface area contributed by atoms with E-state index in [1.54, 1.807) is 23.1 Å². The highest BCUT2D eigenvalue weighted by atomic mass is 32.2. The Morgan fingerprint density at radius 1 is 1.25 bits per heavy atom. The molecule has 0 unspecified atom stereocenters. The van der Waals surface area contributed by atoms with Crippen molar-refractivity contribution in [2.75, 3.05) is 27.2 Å². The summed E-state index contributed by atoms with van der Waals surface area (Å²) in [6, 6.07) is 4.99. The van der Waals surface area contributed by atoms with Gasteiger partial charge in [0, 0.05) is 46.6 Å². The maximum atomic E-state index is 12.5. The predicted octanol–water partition coefficient (Wildman–Crippen LogP) is 2.66. The number of rotatable bonds is 9. The highest BCUT2D eigenvalue weighted by molar-refractivity contribution is 7.89. The summed E-state index contributed by atoms with van der Waals surface area (Å²) in [7, 11) is -0.504. The second kappa shape index (κ2) is 8.87. The molecule has 1 amide bonds. The number of benzene rings is 1. The molecule has 8 heteroatoms. The molecule has 0 radical (unpaired) electrons. The lowest BCUT2D eigenvalue weighted by molar-refractivity contribution is -0.130. The maximum absolute atomic E-state index is 12.5. The molecule has 1 aromatic heterocycles. The van der Waals surface area contributed by atoms with Crippen LogP contribution in [-0.4, -0.2) is 60.3 Å². The van der Waals surface area contributed by atoms with Gasteiger partial charge in [-0.2, -0.15) is 0 Å². The number of imidazole rings is 1. The monoisotopic (exact) mass is 406 g/mol. The van der Waals surface area contributed by atoms with E-state index in [0.29, 0.717) is 38.0 Å². The van der Waals surface area contributed by atoms with Crippen LogP contribution in [0.2, 0.25) is 0 Å². The minimum Gasteiger partial charge on any atom is -0.339 e. The molecule has 0 saturated heterocycles. The molecular formula is C20H30N4O3S. The van der Waals surface area contributed by atoms with Crippen LogP contribution < -0.4 is 0 Å². The van der Waals surface area contributed by atoms with Gasteiger partial charge in [0.25, 0.3) is 0 Å². The largest absolute Gasteiger partial charge is 0.339 e. The number of nitrogens with zero attached hydrogens (tertiary/aromatic N) is 4. The molecule has 0 fully saturated rings. The fourth-order valence-electron chi connectivity index (χ4n) is 3.15. The topological polar surface area (TPSA) is 75.5 Å². The molecule has 28 heavy (non-hydrogen) atoms. The van der Waals surface area contributed by atoms with Crippen molar-refractivity contribution in [2.45, 2.75) is 45.1 Å². The first-order valence-electron chi connectivity index (χ1n) is 9.45. The van der Waals surface area contributed by atoms with Gasteiger partial charge in [-0.25, -0.2) is 17.7 Å². The van der Waals surface area contributed by atoms with E-state index in [9.17, 15) is 13.2 Å². The molecule has 7 nitrogen and oxygen atoms in total. The van der Waals surface area contributed by atoms with Crippen molar-refractivity contribution in [1.82, 2.24) is 18.8 Å². The molecule has 0 N–H and O–H groups in total. The first-order chi connectivity index (χ1) is 13.1. The number of carbonyl (C=O) groups is 1.